The minimum atomic E-state index is -4.87. The number of carbonyl (C=O) groups excluding carboxylic acids is 1. The number of hydrogen-bond acceptors (Lipinski definition) is 2. The van der Waals surface area contributed by atoms with E-state index >= 15 is 0 Å². The van der Waals surface area contributed by atoms with Gasteiger partial charge in [-0.05, 0) is 6.92 Å². The molecule has 0 heterocycles. The summed E-state index contributed by atoms with van der Waals surface area (Å²) in [4.78, 5) is 9.50. The first-order valence-corrected chi connectivity index (χ1v) is 2.06. The SMILES string of the molecule is C[C@@](O)(C=O)C(F)(F)F. The molecule has 0 fully saturated rings. The van der Waals surface area contributed by atoms with Crippen molar-refractivity contribution in [3.63, 3.8) is 0 Å². The standard InChI is InChI=1S/C4H5F3O2/c1-3(9,2-8)4(5,6)7/h2,9H,1H3/t3-/m1/s1. The van der Waals surface area contributed by atoms with Crippen LogP contribution in [-0.4, -0.2) is 23.2 Å². The maximum absolute atomic E-state index is 11.4. The number of carbonyl (C=O) groups is 1. The van der Waals surface area contributed by atoms with Gasteiger partial charge in [0.2, 0.25) is 5.60 Å². The molecule has 0 aromatic heterocycles. The predicted molar refractivity (Wildman–Crippen MR) is 22.7 cm³/mol. The van der Waals surface area contributed by atoms with E-state index < -0.39 is 18.1 Å². The van der Waals surface area contributed by atoms with Crippen LogP contribution in [0.25, 0.3) is 0 Å². The van der Waals surface area contributed by atoms with Crippen LogP contribution < -0.4 is 0 Å². The third-order valence-electron chi connectivity index (χ3n) is 0.803. The topological polar surface area (TPSA) is 37.3 Å². The lowest BCUT2D eigenvalue weighted by Crippen LogP contribution is -2.43. The first-order valence-electron chi connectivity index (χ1n) is 2.06. The number of hydrogen-bond donors (Lipinski definition) is 1. The molecule has 0 aliphatic rings. The van der Waals surface area contributed by atoms with Gasteiger partial charge in [-0.3, -0.25) is 4.79 Å². The Hall–Kier alpha value is -0.580. The maximum atomic E-state index is 11.4. The highest BCUT2D eigenvalue weighted by molar-refractivity contribution is 5.62. The fourth-order valence-electron chi connectivity index (χ4n) is 0.0668. The Balaban J connectivity index is 4.32. The van der Waals surface area contributed by atoms with Crippen LogP contribution >= 0.6 is 0 Å². The minimum Gasteiger partial charge on any atom is -0.375 e. The van der Waals surface area contributed by atoms with Gasteiger partial charge >= 0.3 is 6.18 Å². The molecular weight excluding hydrogens is 137 g/mol. The van der Waals surface area contributed by atoms with Crippen molar-refractivity contribution in [2.75, 3.05) is 0 Å². The summed E-state index contributed by atoms with van der Waals surface area (Å²) in [6.07, 6.45) is -5.41. The van der Waals surface area contributed by atoms with Crippen molar-refractivity contribution in [1.82, 2.24) is 0 Å². The Morgan fingerprint density at radius 1 is 1.44 bits per heavy atom. The zero-order chi connectivity index (χ0) is 7.71. The largest absolute Gasteiger partial charge is 0.423 e. The quantitative estimate of drug-likeness (QED) is 0.541. The van der Waals surface area contributed by atoms with Crippen LogP contribution in [-0.2, 0) is 4.79 Å². The van der Waals surface area contributed by atoms with Crippen LogP contribution in [0.3, 0.4) is 0 Å². The molecule has 0 unspecified atom stereocenters. The van der Waals surface area contributed by atoms with Gasteiger partial charge < -0.3 is 5.11 Å². The Morgan fingerprint density at radius 3 is 1.78 bits per heavy atom. The molecule has 0 aromatic carbocycles. The third kappa shape index (κ3) is 1.67. The first kappa shape index (κ1) is 8.42. The summed E-state index contributed by atoms with van der Waals surface area (Å²) in [5.74, 6) is 0. The molecule has 0 saturated heterocycles. The Kier molecular flexibility index (Phi) is 1.85. The van der Waals surface area contributed by atoms with Gasteiger partial charge in [0.05, 0.1) is 0 Å². The average Bonchev–Trinajstić information content (AvgIpc) is 1.64. The first-order chi connectivity index (χ1) is 3.81. The zero-order valence-electron chi connectivity index (χ0n) is 4.57. The molecule has 0 aliphatic carbocycles. The lowest BCUT2D eigenvalue weighted by Gasteiger charge is -2.18. The monoisotopic (exact) mass is 142 g/mol. The van der Waals surface area contributed by atoms with Gasteiger partial charge in [0.25, 0.3) is 0 Å². The molecular formula is C4H5F3O2. The van der Waals surface area contributed by atoms with Crippen LogP contribution in [0.2, 0.25) is 0 Å². The number of rotatable bonds is 1. The summed E-state index contributed by atoms with van der Waals surface area (Å²) in [6.45, 7) is 0.389. The molecule has 54 valence electrons. The zero-order valence-corrected chi connectivity index (χ0v) is 4.57. The van der Waals surface area contributed by atoms with Crippen molar-refractivity contribution in [1.29, 1.82) is 0 Å². The minimum absolute atomic E-state index is 0.389. The second-order valence-corrected chi connectivity index (χ2v) is 1.76. The van der Waals surface area contributed by atoms with E-state index in [2.05, 4.69) is 0 Å². The molecule has 0 spiro atoms. The van der Waals surface area contributed by atoms with Crippen LogP contribution in [0.4, 0.5) is 13.2 Å². The van der Waals surface area contributed by atoms with E-state index in [0.717, 1.165) is 0 Å². The molecule has 1 N–H and O–H groups in total. The molecule has 0 radical (unpaired) electrons. The van der Waals surface area contributed by atoms with Crippen molar-refractivity contribution < 1.29 is 23.1 Å². The molecule has 0 aromatic rings. The average molecular weight is 142 g/mol. The summed E-state index contributed by atoms with van der Waals surface area (Å²) in [6, 6.07) is 0. The lowest BCUT2D eigenvalue weighted by molar-refractivity contribution is -0.237. The van der Waals surface area contributed by atoms with E-state index in [1.54, 1.807) is 0 Å². The van der Waals surface area contributed by atoms with E-state index in [9.17, 15) is 18.0 Å². The Bertz CT molecular complexity index is 115. The van der Waals surface area contributed by atoms with E-state index in [0.29, 0.717) is 6.92 Å². The highest BCUT2D eigenvalue weighted by atomic mass is 19.4. The maximum Gasteiger partial charge on any atom is 0.423 e. The van der Waals surface area contributed by atoms with Gasteiger partial charge in [0.15, 0.2) is 6.29 Å². The molecule has 1 atom stereocenters. The fraction of sp³-hybridized carbons (Fsp3) is 0.750. The van der Waals surface area contributed by atoms with Crippen molar-refractivity contribution in [2.24, 2.45) is 0 Å². The summed E-state index contributed by atoms with van der Waals surface area (Å²) < 4.78 is 34.1. The van der Waals surface area contributed by atoms with E-state index in [4.69, 9.17) is 5.11 Å². The van der Waals surface area contributed by atoms with Gasteiger partial charge in [-0.15, -0.1) is 0 Å². The summed E-state index contributed by atoms with van der Waals surface area (Å²) in [5.41, 5.74) is -3.20. The van der Waals surface area contributed by atoms with Crippen molar-refractivity contribution in [3.8, 4) is 0 Å². The molecule has 0 aliphatic heterocycles. The number of aliphatic hydroxyl groups is 1. The van der Waals surface area contributed by atoms with Crippen molar-refractivity contribution in [3.05, 3.63) is 0 Å². The van der Waals surface area contributed by atoms with Crippen LogP contribution in [0.5, 0.6) is 0 Å². The number of halogens is 3. The van der Waals surface area contributed by atoms with Gasteiger partial charge in [-0.1, -0.05) is 0 Å². The highest BCUT2D eigenvalue weighted by Crippen LogP contribution is 2.27. The van der Waals surface area contributed by atoms with Crippen molar-refractivity contribution in [2.45, 2.75) is 18.7 Å². The Labute approximate surface area is 49.3 Å². The van der Waals surface area contributed by atoms with Gasteiger partial charge in [-0.25, -0.2) is 0 Å². The normalized spacial score (nSPS) is 18.8. The van der Waals surface area contributed by atoms with E-state index in [1.165, 1.54) is 0 Å². The Morgan fingerprint density at radius 2 is 1.78 bits per heavy atom. The molecule has 0 rings (SSSR count). The second-order valence-electron chi connectivity index (χ2n) is 1.76. The second kappa shape index (κ2) is 1.98. The fourth-order valence-corrected chi connectivity index (χ4v) is 0.0668. The summed E-state index contributed by atoms with van der Waals surface area (Å²) in [5, 5.41) is 8.17. The molecule has 9 heavy (non-hydrogen) atoms. The smallest absolute Gasteiger partial charge is 0.375 e. The molecule has 5 heteroatoms. The van der Waals surface area contributed by atoms with E-state index in [1.807, 2.05) is 0 Å². The number of alkyl halides is 3. The van der Waals surface area contributed by atoms with Crippen molar-refractivity contribution >= 4 is 6.29 Å². The molecule has 0 bridgehead atoms. The van der Waals surface area contributed by atoms with Crippen LogP contribution in [0, 0.1) is 0 Å². The molecule has 0 saturated carbocycles. The highest BCUT2D eigenvalue weighted by Gasteiger charge is 2.49. The lowest BCUT2D eigenvalue weighted by atomic mass is 10.1. The van der Waals surface area contributed by atoms with Gasteiger partial charge in [0.1, 0.15) is 0 Å². The number of aldehydes is 1. The summed E-state index contributed by atoms with van der Waals surface area (Å²) >= 11 is 0. The van der Waals surface area contributed by atoms with E-state index in [-0.39, 0.29) is 0 Å². The predicted octanol–water partition coefficient (Wildman–Crippen LogP) is 0.499. The molecule has 2 nitrogen and oxygen atoms in total. The molecule has 0 amide bonds. The van der Waals surface area contributed by atoms with Gasteiger partial charge in [-0.2, -0.15) is 13.2 Å². The third-order valence-corrected chi connectivity index (χ3v) is 0.803. The van der Waals surface area contributed by atoms with Crippen LogP contribution in [0.1, 0.15) is 6.92 Å². The van der Waals surface area contributed by atoms with Gasteiger partial charge in [0, 0.05) is 0 Å². The summed E-state index contributed by atoms with van der Waals surface area (Å²) in [7, 11) is 0. The van der Waals surface area contributed by atoms with Crippen LogP contribution in [0.15, 0.2) is 0 Å².